The second kappa shape index (κ2) is 8.30. The van der Waals surface area contributed by atoms with Gasteiger partial charge in [-0.3, -0.25) is 9.71 Å². The number of aliphatic imine (C=N–C) groups is 1. The van der Waals surface area contributed by atoms with Gasteiger partial charge in [-0.15, -0.1) is 0 Å². The minimum atomic E-state index is -3.55. The molecule has 0 bridgehead atoms. The van der Waals surface area contributed by atoms with Crippen molar-refractivity contribution in [2.45, 2.75) is 11.3 Å². The third-order valence-electron chi connectivity index (χ3n) is 4.06. The number of methoxy groups -OCH3 is 2. The lowest BCUT2D eigenvalue weighted by molar-refractivity contribution is 0.0502. The van der Waals surface area contributed by atoms with Gasteiger partial charge in [0, 0.05) is 24.6 Å². The van der Waals surface area contributed by atoms with Crippen molar-refractivity contribution < 1.29 is 27.4 Å². The molecule has 2 aromatic rings. The van der Waals surface area contributed by atoms with Crippen molar-refractivity contribution in [1.82, 2.24) is 4.72 Å². The molecule has 1 heterocycles. The van der Waals surface area contributed by atoms with Gasteiger partial charge in [0.1, 0.15) is 17.3 Å². The van der Waals surface area contributed by atoms with E-state index in [1.54, 1.807) is 36.4 Å². The Balaban J connectivity index is 1.56. The summed E-state index contributed by atoms with van der Waals surface area (Å²) in [6.07, 6.45) is 0.445. The molecule has 0 radical (unpaired) electrons. The second-order valence-corrected chi connectivity index (χ2v) is 7.57. The Bertz CT molecular complexity index is 995. The number of fused-ring (bicyclic) bond motifs is 1. The molecule has 0 saturated heterocycles. The fourth-order valence-corrected chi connectivity index (χ4v) is 3.93. The molecule has 2 aromatic carbocycles. The van der Waals surface area contributed by atoms with Crippen molar-refractivity contribution in [3.63, 3.8) is 0 Å². The number of nitrogens with one attached hydrogen (secondary N) is 1. The van der Waals surface area contributed by atoms with E-state index in [0.717, 1.165) is 0 Å². The zero-order valence-corrected chi connectivity index (χ0v) is 16.3. The van der Waals surface area contributed by atoms with E-state index in [2.05, 4.69) is 9.71 Å². The third kappa shape index (κ3) is 4.25. The Morgan fingerprint density at radius 1 is 1.07 bits per heavy atom. The number of carbonyl (C=O) groups excluding carboxylic acids is 1. The average Bonchev–Trinajstić information content (AvgIpc) is 2.97. The molecule has 0 amide bonds. The van der Waals surface area contributed by atoms with E-state index >= 15 is 0 Å². The van der Waals surface area contributed by atoms with Gasteiger partial charge in [-0.2, -0.15) is 0 Å². The highest BCUT2D eigenvalue weighted by Gasteiger charge is 2.29. The van der Waals surface area contributed by atoms with Gasteiger partial charge in [-0.05, 0) is 24.3 Å². The zero-order chi connectivity index (χ0) is 20.1. The molecule has 28 heavy (non-hydrogen) atoms. The summed E-state index contributed by atoms with van der Waals surface area (Å²) in [6.45, 7) is 0.449. The topological polar surface area (TPSA) is 103 Å². The number of ether oxygens (including phenoxy) is 3. The van der Waals surface area contributed by atoms with E-state index in [-0.39, 0.29) is 11.5 Å². The molecule has 1 aliphatic rings. The van der Waals surface area contributed by atoms with E-state index in [1.807, 2.05) is 0 Å². The van der Waals surface area contributed by atoms with E-state index in [0.29, 0.717) is 41.4 Å². The van der Waals surface area contributed by atoms with Crippen molar-refractivity contribution in [1.29, 1.82) is 0 Å². The van der Waals surface area contributed by atoms with Crippen LogP contribution in [0.4, 0.5) is 0 Å². The monoisotopic (exact) mass is 404 g/mol. The predicted molar refractivity (Wildman–Crippen MR) is 103 cm³/mol. The first-order chi connectivity index (χ1) is 13.4. The van der Waals surface area contributed by atoms with Gasteiger partial charge >= 0.3 is 5.97 Å². The SMILES string of the molecule is COc1cc(OC)cc(C(=O)OCCCN=C2NS(=O)(=O)c3ccccc32)c1. The summed E-state index contributed by atoms with van der Waals surface area (Å²) in [5.41, 5.74) is 0.864. The van der Waals surface area contributed by atoms with Crippen molar-refractivity contribution in [3.8, 4) is 11.5 Å². The molecule has 0 aromatic heterocycles. The number of esters is 1. The molecule has 0 unspecified atom stereocenters. The van der Waals surface area contributed by atoms with Gasteiger partial charge in [0.15, 0.2) is 0 Å². The number of hydrogen-bond donors (Lipinski definition) is 1. The minimum absolute atomic E-state index is 0.142. The highest BCUT2D eigenvalue weighted by Crippen LogP contribution is 2.23. The Morgan fingerprint density at radius 3 is 2.43 bits per heavy atom. The number of rotatable bonds is 7. The number of sulfonamides is 1. The minimum Gasteiger partial charge on any atom is -0.497 e. The summed E-state index contributed by atoms with van der Waals surface area (Å²) in [7, 11) is -0.553. The van der Waals surface area contributed by atoms with Gasteiger partial charge in [0.2, 0.25) is 0 Å². The smallest absolute Gasteiger partial charge is 0.338 e. The van der Waals surface area contributed by atoms with E-state index < -0.39 is 16.0 Å². The van der Waals surface area contributed by atoms with Gasteiger partial charge in [-0.25, -0.2) is 13.2 Å². The van der Waals surface area contributed by atoms with E-state index in [4.69, 9.17) is 14.2 Å². The van der Waals surface area contributed by atoms with Crippen LogP contribution < -0.4 is 14.2 Å². The lowest BCUT2D eigenvalue weighted by Gasteiger charge is -2.08. The third-order valence-corrected chi connectivity index (χ3v) is 5.45. The normalized spacial score (nSPS) is 15.6. The number of carbonyl (C=O) groups is 1. The molecule has 0 atom stereocenters. The molecule has 148 valence electrons. The fourth-order valence-electron chi connectivity index (χ4n) is 2.68. The van der Waals surface area contributed by atoms with Crippen molar-refractivity contribution in [2.75, 3.05) is 27.4 Å². The fraction of sp³-hybridized carbons (Fsp3) is 0.263. The molecule has 3 rings (SSSR count). The molecule has 0 aliphatic carbocycles. The summed E-state index contributed by atoms with van der Waals surface area (Å²) in [6, 6.07) is 11.4. The van der Waals surface area contributed by atoms with Crippen LogP contribution in [0.15, 0.2) is 52.4 Å². The van der Waals surface area contributed by atoms with Gasteiger partial charge in [-0.1, -0.05) is 12.1 Å². The maximum Gasteiger partial charge on any atom is 0.338 e. The molecule has 9 heteroatoms. The number of benzene rings is 2. The van der Waals surface area contributed by atoms with Crippen LogP contribution in [0.3, 0.4) is 0 Å². The van der Waals surface area contributed by atoms with E-state index in [9.17, 15) is 13.2 Å². The Kier molecular flexibility index (Phi) is 5.84. The molecular formula is C19H20N2O6S. The Morgan fingerprint density at radius 2 is 1.75 bits per heavy atom. The first-order valence-corrected chi connectivity index (χ1v) is 10.00. The number of nitrogens with zero attached hydrogens (tertiary/aromatic N) is 1. The summed E-state index contributed by atoms with van der Waals surface area (Å²) >= 11 is 0. The number of amidine groups is 1. The zero-order valence-electron chi connectivity index (χ0n) is 15.5. The van der Waals surface area contributed by atoms with Crippen LogP contribution in [-0.4, -0.2) is 47.6 Å². The standard InChI is InChI=1S/C19H20N2O6S/c1-25-14-10-13(11-15(12-14)26-2)19(22)27-9-5-8-20-18-16-6-3-4-7-17(16)28(23,24)21-18/h3-4,6-7,10-12H,5,8-9H2,1-2H3,(H,20,21). The molecule has 0 spiro atoms. The van der Waals surface area contributed by atoms with Gasteiger partial charge < -0.3 is 14.2 Å². The molecule has 1 N–H and O–H groups in total. The maximum atomic E-state index is 12.2. The summed E-state index contributed by atoms with van der Waals surface area (Å²) < 4.78 is 42.0. The van der Waals surface area contributed by atoms with Gasteiger partial charge in [0.25, 0.3) is 10.0 Å². The maximum absolute atomic E-state index is 12.2. The van der Waals surface area contributed by atoms with E-state index in [1.165, 1.54) is 20.3 Å². The quantitative estimate of drug-likeness (QED) is 0.559. The lowest BCUT2D eigenvalue weighted by atomic mass is 10.2. The van der Waals surface area contributed by atoms with Crippen LogP contribution in [-0.2, 0) is 14.8 Å². The highest BCUT2D eigenvalue weighted by atomic mass is 32.2. The number of hydrogen-bond acceptors (Lipinski definition) is 7. The molecule has 0 fully saturated rings. The van der Waals surface area contributed by atoms with Crippen molar-refractivity contribution >= 4 is 21.8 Å². The Hall–Kier alpha value is -3.07. The van der Waals surface area contributed by atoms with Crippen LogP contribution >= 0.6 is 0 Å². The van der Waals surface area contributed by atoms with Crippen LogP contribution in [0.25, 0.3) is 0 Å². The average molecular weight is 404 g/mol. The first kappa shape index (κ1) is 19.7. The molecule has 0 saturated carbocycles. The molecule has 1 aliphatic heterocycles. The Labute approximate surface area is 163 Å². The van der Waals surface area contributed by atoms with Crippen LogP contribution in [0.5, 0.6) is 11.5 Å². The molecule has 8 nitrogen and oxygen atoms in total. The molecular weight excluding hydrogens is 384 g/mol. The largest absolute Gasteiger partial charge is 0.497 e. The first-order valence-electron chi connectivity index (χ1n) is 8.51. The van der Waals surface area contributed by atoms with Gasteiger partial charge in [0.05, 0.1) is 31.3 Å². The van der Waals surface area contributed by atoms with Crippen LogP contribution in [0.2, 0.25) is 0 Å². The predicted octanol–water partition coefficient (Wildman–Crippen LogP) is 1.99. The second-order valence-electron chi connectivity index (χ2n) is 5.92. The van der Waals surface area contributed by atoms with Crippen molar-refractivity contribution in [2.24, 2.45) is 4.99 Å². The van der Waals surface area contributed by atoms with Crippen molar-refractivity contribution in [3.05, 3.63) is 53.6 Å². The summed E-state index contributed by atoms with van der Waals surface area (Å²) in [4.78, 5) is 16.7. The lowest BCUT2D eigenvalue weighted by Crippen LogP contribution is -2.22. The highest BCUT2D eigenvalue weighted by molar-refractivity contribution is 7.90. The summed E-state index contributed by atoms with van der Waals surface area (Å²) in [5, 5.41) is 0. The summed E-state index contributed by atoms with van der Waals surface area (Å²) in [5.74, 6) is 0.783. The van der Waals surface area contributed by atoms with Crippen LogP contribution in [0, 0.1) is 0 Å². The van der Waals surface area contributed by atoms with Crippen LogP contribution in [0.1, 0.15) is 22.3 Å².